The number of fused-ring (bicyclic) bond motifs is 1. The lowest BCUT2D eigenvalue weighted by Crippen LogP contribution is -2.04. The van der Waals surface area contributed by atoms with Crippen LogP contribution < -0.4 is 5.73 Å². The van der Waals surface area contributed by atoms with Crippen molar-refractivity contribution in [1.82, 2.24) is 0 Å². The van der Waals surface area contributed by atoms with Gasteiger partial charge < -0.3 is 5.73 Å². The lowest BCUT2D eigenvalue weighted by atomic mass is 9.86. The Kier molecular flexibility index (Phi) is 2.51. The van der Waals surface area contributed by atoms with Gasteiger partial charge in [-0.25, -0.2) is 0 Å². The molecule has 1 aromatic rings. The van der Waals surface area contributed by atoms with Crippen LogP contribution in [0.1, 0.15) is 24.0 Å². The standard InChI is InChI=1S/C13H15N/c1-10-6-7-11(8-9-14)13-5-3-2-4-12(10)13/h2-5,7H,1,6,8-9,14H2. The molecule has 0 radical (unpaired) electrons. The highest BCUT2D eigenvalue weighted by atomic mass is 14.5. The maximum atomic E-state index is 5.59. The first-order valence-electron chi connectivity index (χ1n) is 4.99. The second kappa shape index (κ2) is 3.81. The molecule has 0 heterocycles. The van der Waals surface area contributed by atoms with Crippen molar-refractivity contribution in [3.63, 3.8) is 0 Å². The molecular formula is C13H15N. The SMILES string of the molecule is C=C1CC=C(CCN)c2ccccc21. The molecule has 0 saturated carbocycles. The van der Waals surface area contributed by atoms with Crippen LogP contribution in [-0.2, 0) is 0 Å². The van der Waals surface area contributed by atoms with Gasteiger partial charge in [-0.3, -0.25) is 0 Å². The average Bonchev–Trinajstić information content (AvgIpc) is 2.23. The van der Waals surface area contributed by atoms with E-state index in [2.05, 4.69) is 36.9 Å². The van der Waals surface area contributed by atoms with Crippen LogP contribution in [0.5, 0.6) is 0 Å². The minimum Gasteiger partial charge on any atom is -0.330 e. The fourth-order valence-corrected chi connectivity index (χ4v) is 1.93. The summed E-state index contributed by atoms with van der Waals surface area (Å²) >= 11 is 0. The largest absolute Gasteiger partial charge is 0.330 e. The molecule has 1 aliphatic carbocycles. The van der Waals surface area contributed by atoms with Crippen molar-refractivity contribution in [2.45, 2.75) is 12.8 Å². The van der Waals surface area contributed by atoms with Crippen LogP contribution in [0.4, 0.5) is 0 Å². The molecule has 72 valence electrons. The van der Waals surface area contributed by atoms with Crippen molar-refractivity contribution in [2.75, 3.05) is 6.54 Å². The second-order valence-electron chi connectivity index (χ2n) is 3.62. The van der Waals surface area contributed by atoms with Gasteiger partial charge in [0.2, 0.25) is 0 Å². The van der Waals surface area contributed by atoms with Gasteiger partial charge in [-0.2, -0.15) is 0 Å². The predicted molar refractivity (Wildman–Crippen MR) is 61.7 cm³/mol. The van der Waals surface area contributed by atoms with Gasteiger partial charge in [-0.05, 0) is 41.7 Å². The summed E-state index contributed by atoms with van der Waals surface area (Å²) in [6.07, 6.45) is 4.17. The zero-order valence-electron chi connectivity index (χ0n) is 8.29. The lowest BCUT2D eigenvalue weighted by Gasteiger charge is -2.19. The quantitative estimate of drug-likeness (QED) is 0.753. The molecule has 1 aliphatic rings. The first-order chi connectivity index (χ1) is 6.83. The summed E-state index contributed by atoms with van der Waals surface area (Å²) in [6, 6.07) is 8.43. The molecule has 0 bridgehead atoms. The Morgan fingerprint density at radius 2 is 1.93 bits per heavy atom. The summed E-state index contributed by atoms with van der Waals surface area (Å²) in [7, 11) is 0. The van der Waals surface area contributed by atoms with E-state index >= 15 is 0 Å². The number of hydrogen-bond donors (Lipinski definition) is 1. The van der Waals surface area contributed by atoms with E-state index < -0.39 is 0 Å². The van der Waals surface area contributed by atoms with Crippen molar-refractivity contribution in [1.29, 1.82) is 0 Å². The van der Waals surface area contributed by atoms with Crippen molar-refractivity contribution in [3.8, 4) is 0 Å². The Hall–Kier alpha value is -1.34. The Labute approximate surface area is 84.9 Å². The average molecular weight is 185 g/mol. The molecule has 1 heteroatoms. The molecule has 0 saturated heterocycles. The van der Waals surface area contributed by atoms with E-state index in [0.717, 1.165) is 12.8 Å². The summed E-state index contributed by atoms with van der Waals surface area (Å²) in [4.78, 5) is 0. The minimum atomic E-state index is 0.715. The third-order valence-electron chi connectivity index (χ3n) is 2.66. The van der Waals surface area contributed by atoms with Crippen LogP contribution >= 0.6 is 0 Å². The molecule has 0 amide bonds. The summed E-state index contributed by atoms with van der Waals surface area (Å²) in [5.41, 5.74) is 10.8. The Morgan fingerprint density at radius 3 is 2.64 bits per heavy atom. The van der Waals surface area contributed by atoms with E-state index in [4.69, 9.17) is 5.73 Å². The zero-order valence-corrected chi connectivity index (χ0v) is 8.29. The minimum absolute atomic E-state index is 0.715. The van der Waals surface area contributed by atoms with Gasteiger partial charge >= 0.3 is 0 Å². The van der Waals surface area contributed by atoms with Gasteiger partial charge in [0, 0.05) is 0 Å². The molecule has 0 atom stereocenters. The molecular weight excluding hydrogens is 170 g/mol. The molecule has 1 aromatic carbocycles. The highest BCUT2D eigenvalue weighted by Crippen LogP contribution is 2.33. The number of benzene rings is 1. The Bertz CT molecular complexity index is 388. The van der Waals surface area contributed by atoms with Gasteiger partial charge in [0.05, 0.1) is 0 Å². The van der Waals surface area contributed by atoms with E-state index in [1.807, 2.05) is 0 Å². The van der Waals surface area contributed by atoms with Crippen molar-refractivity contribution in [3.05, 3.63) is 48.0 Å². The lowest BCUT2D eigenvalue weighted by molar-refractivity contribution is 1.01. The van der Waals surface area contributed by atoms with E-state index in [9.17, 15) is 0 Å². The fraction of sp³-hybridized carbons (Fsp3) is 0.231. The topological polar surface area (TPSA) is 26.0 Å². The normalized spacial score (nSPS) is 14.9. The first kappa shape index (κ1) is 9.22. The van der Waals surface area contributed by atoms with Crippen LogP contribution in [0, 0.1) is 0 Å². The number of hydrogen-bond acceptors (Lipinski definition) is 1. The van der Waals surface area contributed by atoms with Crippen LogP contribution in [0.3, 0.4) is 0 Å². The second-order valence-corrected chi connectivity index (χ2v) is 3.62. The predicted octanol–water partition coefficient (Wildman–Crippen LogP) is 2.84. The molecule has 0 fully saturated rings. The molecule has 0 spiro atoms. The molecule has 0 aromatic heterocycles. The van der Waals surface area contributed by atoms with Gasteiger partial charge in [0.1, 0.15) is 0 Å². The number of rotatable bonds is 2. The fourth-order valence-electron chi connectivity index (χ4n) is 1.93. The summed E-state index contributed by atoms with van der Waals surface area (Å²) in [5.74, 6) is 0. The molecule has 1 nitrogen and oxygen atoms in total. The van der Waals surface area contributed by atoms with Crippen molar-refractivity contribution < 1.29 is 0 Å². The summed E-state index contributed by atoms with van der Waals surface area (Å²) < 4.78 is 0. The highest BCUT2D eigenvalue weighted by Gasteiger charge is 2.13. The molecule has 2 N–H and O–H groups in total. The van der Waals surface area contributed by atoms with Gasteiger partial charge in [-0.15, -0.1) is 0 Å². The maximum Gasteiger partial charge on any atom is -0.00366 e. The molecule has 2 rings (SSSR count). The highest BCUT2D eigenvalue weighted by molar-refractivity contribution is 5.84. The number of nitrogens with two attached hydrogens (primary N) is 1. The Balaban J connectivity index is 2.46. The van der Waals surface area contributed by atoms with Gasteiger partial charge in [0.25, 0.3) is 0 Å². The van der Waals surface area contributed by atoms with Crippen molar-refractivity contribution in [2.24, 2.45) is 5.73 Å². The first-order valence-corrected chi connectivity index (χ1v) is 4.99. The summed E-state index contributed by atoms with van der Waals surface area (Å²) in [5, 5.41) is 0. The molecule has 0 unspecified atom stereocenters. The molecule has 0 aliphatic heterocycles. The smallest absolute Gasteiger partial charge is 0.00366 e. The van der Waals surface area contributed by atoms with E-state index in [1.54, 1.807) is 0 Å². The van der Waals surface area contributed by atoms with E-state index in [1.165, 1.54) is 22.3 Å². The van der Waals surface area contributed by atoms with E-state index in [-0.39, 0.29) is 0 Å². The summed E-state index contributed by atoms with van der Waals surface area (Å²) in [6.45, 7) is 4.79. The van der Waals surface area contributed by atoms with Gasteiger partial charge in [0.15, 0.2) is 0 Å². The van der Waals surface area contributed by atoms with Crippen LogP contribution in [0.2, 0.25) is 0 Å². The van der Waals surface area contributed by atoms with Crippen LogP contribution in [0.25, 0.3) is 11.1 Å². The number of allylic oxidation sites excluding steroid dienone is 2. The third-order valence-corrected chi connectivity index (χ3v) is 2.66. The van der Waals surface area contributed by atoms with Crippen LogP contribution in [-0.4, -0.2) is 6.54 Å². The molecule has 14 heavy (non-hydrogen) atoms. The van der Waals surface area contributed by atoms with Crippen LogP contribution in [0.15, 0.2) is 36.9 Å². The van der Waals surface area contributed by atoms with E-state index in [0.29, 0.717) is 6.54 Å². The van der Waals surface area contributed by atoms with Gasteiger partial charge in [-0.1, -0.05) is 36.9 Å². The maximum absolute atomic E-state index is 5.59. The monoisotopic (exact) mass is 185 g/mol. The third kappa shape index (κ3) is 1.51. The Morgan fingerprint density at radius 1 is 1.21 bits per heavy atom. The zero-order chi connectivity index (χ0) is 9.97. The van der Waals surface area contributed by atoms with Crippen molar-refractivity contribution >= 4 is 11.1 Å².